The monoisotopic (exact) mass is 448 g/mol. The molecule has 2 bridgehead atoms. The highest BCUT2D eigenvalue weighted by Crippen LogP contribution is 2.74. The topological polar surface area (TPSA) is 112 Å². The summed E-state index contributed by atoms with van der Waals surface area (Å²) in [5.74, 6) is -4.25. The maximum Gasteiger partial charge on any atom is 0.303 e. The molecular weight excluding hydrogens is 416 g/mol. The van der Waals surface area contributed by atoms with Gasteiger partial charge < -0.3 is 19.7 Å². The van der Waals surface area contributed by atoms with Crippen molar-refractivity contribution in [1.82, 2.24) is 0 Å². The lowest BCUT2D eigenvalue weighted by Crippen LogP contribution is -2.73. The molecular formula is C24H32O8. The molecule has 3 saturated carbocycles. The van der Waals surface area contributed by atoms with Crippen LogP contribution in [0.25, 0.3) is 0 Å². The zero-order chi connectivity index (χ0) is 23.4. The van der Waals surface area contributed by atoms with E-state index in [0.29, 0.717) is 18.4 Å². The van der Waals surface area contributed by atoms with Gasteiger partial charge in [0.05, 0.1) is 12.0 Å². The van der Waals surface area contributed by atoms with Crippen LogP contribution >= 0.6 is 0 Å². The first-order valence-electron chi connectivity index (χ1n) is 11.3. The summed E-state index contributed by atoms with van der Waals surface area (Å²) in [6.07, 6.45) is 1.49. The van der Waals surface area contributed by atoms with Crippen LogP contribution in [0.4, 0.5) is 0 Å². The van der Waals surface area contributed by atoms with Crippen molar-refractivity contribution in [3.05, 3.63) is 23.8 Å². The van der Waals surface area contributed by atoms with Crippen LogP contribution in [-0.2, 0) is 28.8 Å². The predicted molar refractivity (Wildman–Crippen MR) is 110 cm³/mol. The molecule has 0 radical (unpaired) electrons. The minimum atomic E-state index is -1.84. The Morgan fingerprint density at radius 2 is 1.78 bits per heavy atom. The van der Waals surface area contributed by atoms with E-state index in [-0.39, 0.29) is 11.3 Å². The lowest BCUT2D eigenvalue weighted by atomic mass is 9.41. The highest BCUT2D eigenvalue weighted by Gasteiger charge is 2.83. The summed E-state index contributed by atoms with van der Waals surface area (Å²) in [5.41, 5.74) is -1.39. The minimum absolute atomic E-state index is 0.329. The maximum atomic E-state index is 12.1. The Balaban J connectivity index is 1.79. The second-order valence-corrected chi connectivity index (χ2v) is 11.1. The van der Waals surface area contributed by atoms with Crippen LogP contribution in [0.2, 0.25) is 0 Å². The average Bonchev–Trinajstić information content (AvgIpc) is 3.05. The Labute approximate surface area is 187 Å². The van der Waals surface area contributed by atoms with Gasteiger partial charge in [-0.15, -0.1) is 0 Å². The van der Waals surface area contributed by atoms with E-state index in [1.807, 2.05) is 13.0 Å². The molecule has 1 spiro atoms. The number of fused-ring (bicyclic) bond motifs is 2. The third kappa shape index (κ3) is 2.36. The number of aliphatic hydroxyl groups is 2. The van der Waals surface area contributed by atoms with Gasteiger partial charge in [0.2, 0.25) is 5.79 Å². The van der Waals surface area contributed by atoms with Crippen molar-refractivity contribution >= 4 is 11.9 Å². The molecule has 4 fully saturated rings. The highest BCUT2D eigenvalue weighted by atomic mass is 17.2. The van der Waals surface area contributed by atoms with Crippen molar-refractivity contribution < 1.29 is 39.1 Å². The molecule has 0 aromatic carbocycles. The molecule has 2 N–H and O–H groups in total. The fourth-order valence-corrected chi connectivity index (χ4v) is 7.98. The van der Waals surface area contributed by atoms with Gasteiger partial charge in [-0.3, -0.25) is 9.59 Å². The molecule has 9 atom stereocenters. The number of rotatable bonds is 2. The van der Waals surface area contributed by atoms with Crippen LogP contribution in [0.15, 0.2) is 23.8 Å². The van der Waals surface area contributed by atoms with Gasteiger partial charge in [-0.05, 0) is 41.9 Å². The molecule has 1 aliphatic heterocycles. The lowest BCUT2D eigenvalue weighted by Gasteiger charge is -2.65. The van der Waals surface area contributed by atoms with Crippen molar-refractivity contribution in [2.24, 2.45) is 28.6 Å². The molecule has 0 amide bonds. The lowest BCUT2D eigenvalue weighted by molar-refractivity contribution is -0.405. The largest absolute Gasteiger partial charge is 0.462 e. The SMILES string of the molecule is C=C1[C@@H]2CC3=CC(OC(C)=O)C4C(C)(C)CCC(OC(C)=O)C4(C)[C@@]34OO[C@]1(O)C4[C@H]2O. The van der Waals surface area contributed by atoms with Crippen LogP contribution < -0.4 is 0 Å². The van der Waals surface area contributed by atoms with Crippen molar-refractivity contribution in [3.8, 4) is 0 Å². The van der Waals surface area contributed by atoms with Gasteiger partial charge in [-0.25, -0.2) is 4.89 Å². The Kier molecular flexibility index (Phi) is 4.44. The van der Waals surface area contributed by atoms with E-state index in [2.05, 4.69) is 20.4 Å². The summed E-state index contributed by atoms with van der Waals surface area (Å²) < 4.78 is 11.7. The van der Waals surface area contributed by atoms with Gasteiger partial charge in [0, 0.05) is 31.1 Å². The fraction of sp³-hybridized carbons (Fsp3) is 0.750. The van der Waals surface area contributed by atoms with Gasteiger partial charge in [0.1, 0.15) is 17.8 Å². The van der Waals surface area contributed by atoms with Crippen LogP contribution in [0.1, 0.15) is 53.9 Å². The number of carbonyl (C=O) groups is 2. The summed E-state index contributed by atoms with van der Waals surface area (Å²) in [7, 11) is 0. The second kappa shape index (κ2) is 6.44. The third-order valence-corrected chi connectivity index (χ3v) is 9.05. The second-order valence-electron chi connectivity index (χ2n) is 11.1. The molecule has 8 heteroatoms. The molecule has 0 aromatic heterocycles. The number of hydrogen-bond acceptors (Lipinski definition) is 8. The minimum Gasteiger partial charge on any atom is -0.462 e. The molecule has 1 heterocycles. The van der Waals surface area contributed by atoms with Crippen LogP contribution in [-0.4, -0.2) is 51.9 Å². The fourth-order valence-electron chi connectivity index (χ4n) is 7.98. The molecule has 8 nitrogen and oxygen atoms in total. The first-order valence-corrected chi connectivity index (χ1v) is 11.3. The predicted octanol–water partition coefficient (Wildman–Crippen LogP) is 2.19. The molecule has 1 saturated heterocycles. The van der Waals surface area contributed by atoms with E-state index in [9.17, 15) is 19.8 Å². The molecule has 5 aliphatic rings. The number of aliphatic hydroxyl groups excluding tert-OH is 1. The molecule has 0 aromatic rings. The first-order chi connectivity index (χ1) is 14.8. The number of hydrogen-bond donors (Lipinski definition) is 2. The highest BCUT2D eigenvalue weighted by molar-refractivity contribution is 5.67. The van der Waals surface area contributed by atoms with E-state index in [0.717, 1.165) is 12.0 Å². The normalized spacial score (nSPS) is 50.2. The Hall–Kier alpha value is -1.74. The molecule has 5 rings (SSSR count). The van der Waals surface area contributed by atoms with Crippen molar-refractivity contribution in [2.45, 2.75) is 83.6 Å². The van der Waals surface area contributed by atoms with Crippen molar-refractivity contribution in [1.29, 1.82) is 0 Å². The molecule has 4 aliphatic carbocycles. The molecule has 32 heavy (non-hydrogen) atoms. The zero-order valence-corrected chi connectivity index (χ0v) is 19.2. The summed E-state index contributed by atoms with van der Waals surface area (Å²) in [4.78, 5) is 35.9. The van der Waals surface area contributed by atoms with Crippen LogP contribution in [0, 0.1) is 28.6 Å². The number of esters is 2. The summed E-state index contributed by atoms with van der Waals surface area (Å²) in [5, 5.41) is 22.7. The summed E-state index contributed by atoms with van der Waals surface area (Å²) in [6, 6.07) is 0. The summed E-state index contributed by atoms with van der Waals surface area (Å²) in [6.45, 7) is 12.9. The standard InChI is InChI=1S/C24H32O8/c1-11-15-9-14-10-16(29-12(2)25)19-21(4,5)8-7-17(30-13(3)26)22(19,6)23(14)20(18(15)27)24(11,28)32-31-23/h10,15-20,27-28H,1,7-9H2,2-6H3/t15-,16?,17?,18-,19?,20?,22?,23+,24-/m0/s1. The van der Waals surface area contributed by atoms with Gasteiger partial charge in [-0.2, -0.15) is 4.89 Å². The Bertz CT molecular complexity index is 938. The maximum absolute atomic E-state index is 12.1. The van der Waals surface area contributed by atoms with Crippen molar-refractivity contribution in [2.75, 3.05) is 0 Å². The van der Waals surface area contributed by atoms with Crippen molar-refractivity contribution in [3.63, 3.8) is 0 Å². The van der Waals surface area contributed by atoms with Gasteiger partial charge in [0.25, 0.3) is 0 Å². The number of carbonyl (C=O) groups excluding carboxylic acids is 2. The average molecular weight is 449 g/mol. The van der Waals surface area contributed by atoms with E-state index in [4.69, 9.17) is 19.2 Å². The quantitative estimate of drug-likeness (QED) is 0.376. The third-order valence-electron chi connectivity index (χ3n) is 9.05. The molecule has 5 unspecified atom stereocenters. The first kappa shape index (κ1) is 22.1. The smallest absolute Gasteiger partial charge is 0.303 e. The van der Waals surface area contributed by atoms with Gasteiger partial charge in [0.15, 0.2) is 0 Å². The van der Waals surface area contributed by atoms with Gasteiger partial charge >= 0.3 is 11.9 Å². The van der Waals surface area contributed by atoms with E-state index in [1.165, 1.54) is 13.8 Å². The Morgan fingerprint density at radius 3 is 2.41 bits per heavy atom. The van der Waals surface area contributed by atoms with E-state index >= 15 is 0 Å². The summed E-state index contributed by atoms with van der Waals surface area (Å²) >= 11 is 0. The van der Waals surface area contributed by atoms with Crippen LogP contribution in [0.5, 0.6) is 0 Å². The van der Waals surface area contributed by atoms with E-state index in [1.54, 1.807) is 0 Å². The zero-order valence-electron chi connectivity index (χ0n) is 19.2. The Morgan fingerprint density at radius 1 is 1.12 bits per heavy atom. The van der Waals surface area contributed by atoms with Crippen LogP contribution in [0.3, 0.4) is 0 Å². The van der Waals surface area contributed by atoms with Gasteiger partial charge in [-0.1, -0.05) is 27.4 Å². The van der Waals surface area contributed by atoms with E-state index < -0.39 is 58.9 Å². The number of ether oxygens (including phenoxy) is 2. The molecule has 176 valence electrons.